The van der Waals surface area contributed by atoms with E-state index in [1.54, 1.807) is 0 Å². The molecule has 0 amide bonds. The van der Waals surface area contributed by atoms with Crippen LogP contribution in [-0.2, 0) is 6.67 Å². The van der Waals surface area contributed by atoms with E-state index in [2.05, 4.69) is 9.72 Å². The van der Waals surface area contributed by atoms with Crippen LogP contribution >= 0.6 is 22.6 Å². The maximum absolute atomic E-state index is 12.6. The Morgan fingerprint density at radius 3 is 2.56 bits per heavy atom. The summed E-state index contributed by atoms with van der Waals surface area (Å²) in [4.78, 5) is 14.0. The summed E-state index contributed by atoms with van der Waals surface area (Å²) in [6.45, 7) is -1.24. The molecular formula is C8H4F4INO2. The predicted molar refractivity (Wildman–Crippen MR) is 53.8 cm³/mol. The van der Waals surface area contributed by atoms with Crippen molar-refractivity contribution in [3.63, 3.8) is 0 Å². The number of alkyl halides is 4. The van der Waals surface area contributed by atoms with Crippen molar-refractivity contribution in [3.05, 3.63) is 21.0 Å². The van der Waals surface area contributed by atoms with Crippen molar-refractivity contribution < 1.29 is 27.1 Å². The Labute approximate surface area is 101 Å². The highest BCUT2D eigenvalue weighted by Gasteiger charge is 2.34. The average Bonchev–Trinajstić information content (AvgIpc) is 2.19. The van der Waals surface area contributed by atoms with Gasteiger partial charge in [-0.25, -0.2) is 9.37 Å². The van der Waals surface area contributed by atoms with E-state index < -0.39 is 24.3 Å². The molecule has 0 spiro atoms. The molecule has 0 radical (unpaired) electrons. The number of halogens is 5. The van der Waals surface area contributed by atoms with Gasteiger partial charge in [-0.3, -0.25) is 4.79 Å². The monoisotopic (exact) mass is 349 g/mol. The zero-order valence-electron chi connectivity index (χ0n) is 7.52. The molecule has 0 atom stereocenters. The molecule has 0 N–H and O–H groups in total. The molecule has 1 aromatic rings. The largest absolute Gasteiger partial charge is 0.573 e. The molecule has 0 bridgehead atoms. The highest BCUT2D eigenvalue weighted by atomic mass is 127. The Morgan fingerprint density at radius 1 is 1.50 bits per heavy atom. The fourth-order valence-corrected chi connectivity index (χ4v) is 1.55. The Bertz CT molecular complexity index is 408. The Balaban J connectivity index is 3.29. The smallest absolute Gasteiger partial charge is 0.403 e. The van der Waals surface area contributed by atoms with Gasteiger partial charge in [0.25, 0.3) is 0 Å². The van der Waals surface area contributed by atoms with Crippen molar-refractivity contribution in [2.24, 2.45) is 0 Å². The quantitative estimate of drug-likeness (QED) is 0.365. The number of rotatable bonds is 3. The summed E-state index contributed by atoms with van der Waals surface area (Å²) in [7, 11) is 0. The summed E-state index contributed by atoms with van der Waals surface area (Å²) >= 11 is 1.46. The fraction of sp³-hybridized carbons (Fsp3) is 0.250. The van der Waals surface area contributed by atoms with E-state index in [1.165, 1.54) is 22.6 Å². The summed E-state index contributed by atoms with van der Waals surface area (Å²) < 4.78 is 52.0. The first kappa shape index (κ1) is 13.1. The second-order valence-electron chi connectivity index (χ2n) is 2.61. The summed E-state index contributed by atoms with van der Waals surface area (Å²) in [5, 5.41) is 0. The first-order valence-corrected chi connectivity index (χ1v) is 4.91. The minimum Gasteiger partial charge on any atom is -0.403 e. The highest BCUT2D eigenvalue weighted by Crippen LogP contribution is 2.32. The summed E-state index contributed by atoms with van der Waals surface area (Å²) in [5.41, 5.74) is -0.714. The second kappa shape index (κ2) is 4.93. The zero-order chi connectivity index (χ0) is 12.3. The minimum absolute atomic E-state index is 0.159. The number of nitrogens with zero attached hydrogens (tertiary/aromatic N) is 1. The Hall–Kier alpha value is -0.930. The third kappa shape index (κ3) is 3.03. The van der Waals surface area contributed by atoms with Crippen LogP contribution in [0.2, 0.25) is 0 Å². The number of carbonyl (C=O) groups excluding carboxylic acids is 1. The van der Waals surface area contributed by atoms with Gasteiger partial charge >= 0.3 is 6.36 Å². The normalized spacial score (nSPS) is 11.3. The molecular weight excluding hydrogens is 345 g/mol. The number of ether oxygens (including phenoxy) is 1. The van der Waals surface area contributed by atoms with Crippen LogP contribution in [0.3, 0.4) is 0 Å². The van der Waals surface area contributed by atoms with Gasteiger partial charge in [0.1, 0.15) is 10.4 Å². The molecule has 0 unspecified atom stereocenters. The molecule has 0 aromatic carbocycles. The molecule has 8 heteroatoms. The van der Waals surface area contributed by atoms with Gasteiger partial charge < -0.3 is 4.74 Å². The fourth-order valence-electron chi connectivity index (χ4n) is 0.977. The van der Waals surface area contributed by atoms with Crippen molar-refractivity contribution in [2.75, 3.05) is 0 Å². The van der Waals surface area contributed by atoms with E-state index in [-0.39, 0.29) is 15.6 Å². The van der Waals surface area contributed by atoms with Crippen LogP contribution in [0.4, 0.5) is 17.6 Å². The molecule has 88 valence electrons. The third-order valence-corrected chi connectivity index (χ3v) is 2.37. The topological polar surface area (TPSA) is 39.2 Å². The maximum atomic E-state index is 12.6. The number of aldehydes is 1. The molecule has 16 heavy (non-hydrogen) atoms. The molecule has 0 saturated heterocycles. The van der Waals surface area contributed by atoms with E-state index in [0.717, 1.165) is 6.20 Å². The SMILES string of the molecule is O=Cc1cnc(I)c(OC(F)(F)F)c1CF. The van der Waals surface area contributed by atoms with Gasteiger partial charge in [-0.1, -0.05) is 0 Å². The van der Waals surface area contributed by atoms with Crippen LogP contribution < -0.4 is 4.74 Å². The number of carbonyl (C=O) groups is 1. The van der Waals surface area contributed by atoms with Crippen molar-refractivity contribution in [1.82, 2.24) is 4.98 Å². The first-order valence-electron chi connectivity index (χ1n) is 3.83. The zero-order valence-corrected chi connectivity index (χ0v) is 9.67. The van der Waals surface area contributed by atoms with Crippen molar-refractivity contribution >= 4 is 28.9 Å². The predicted octanol–water partition coefficient (Wildman–Crippen LogP) is 2.87. The molecule has 0 aliphatic carbocycles. The van der Waals surface area contributed by atoms with Crippen molar-refractivity contribution in [3.8, 4) is 5.75 Å². The van der Waals surface area contributed by atoms with E-state index in [1.807, 2.05) is 0 Å². The highest BCUT2D eigenvalue weighted by molar-refractivity contribution is 14.1. The van der Waals surface area contributed by atoms with Crippen LogP contribution in [0.25, 0.3) is 0 Å². The number of hydrogen-bond donors (Lipinski definition) is 0. The van der Waals surface area contributed by atoms with Crippen molar-refractivity contribution in [2.45, 2.75) is 13.0 Å². The lowest BCUT2D eigenvalue weighted by atomic mass is 10.1. The van der Waals surface area contributed by atoms with Crippen LogP contribution in [0, 0.1) is 3.70 Å². The van der Waals surface area contributed by atoms with E-state index in [9.17, 15) is 22.4 Å². The molecule has 0 saturated carbocycles. The Morgan fingerprint density at radius 2 is 2.12 bits per heavy atom. The maximum Gasteiger partial charge on any atom is 0.573 e. The summed E-state index contributed by atoms with van der Waals surface area (Å²) in [6.07, 6.45) is -3.73. The van der Waals surface area contributed by atoms with Crippen molar-refractivity contribution in [1.29, 1.82) is 0 Å². The summed E-state index contributed by atoms with van der Waals surface area (Å²) in [5.74, 6) is -0.764. The lowest BCUT2D eigenvalue weighted by Gasteiger charge is -2.13. The molecule has 1 rings (SSSR count). The third-order valence-electron chi connectivity index (χ3n) is 1.61. The van der Waals surface area contributed by atoms with Gasteiger partial charge in [0.05, 0.1) is 0 Å². The van der Waals surface area contributed by atoms with Gasteiger partial charge in [-0.05, 0) is 22.6 Å². The number of aromatic nitrogens is 1. The second-order valence-corrected chi connectivity index (χ2v) is 3.63. The van der Waals surface area contributed by atoms with Crippen LogP contribution in [0.5, 0.6) is 5.75 Å². The first-order chi connectivity index (χ1) is 7.39. The number of pyridine rings is 1. The van der Waals surface area contributed by atoms with Gasteiger partial charge in [0, 0.05) is 17.3 Å². The molecule has 1 aromatic heterocycles. The van der Waals surface area contributed by atoms with E-state index in [0.29, 0.717) is 0 Å². The van der Waals surface area contributed by atoms with Crippen LogP contribution in [0.1, 0.15) is 15.9 Å². The molecule has 0 aliphatic rings. The van der Waals surface area contributed by atoms with Gasteiger partial charge in [-0.15, -0.1) is 13.2 Å². The van der Waals surface area contributed by atoms with Crippen LogP contribution in [-0.4, -0.2) is 17.6 Å². The lowest BCUT2D eigenvalue weighted by molar-refractivity contribution is -0.275. The van der Waals surface area contributed by atoms with E-state index in [4.69, 9.17) is 0 Å². The molecule has 3 nitrogen and oxygen atoms in total. The summed E-state index contributed by atoms with van der Waals surface area (Å²) in [6, 6.07) is 0. The van der Waals surface area contributed by atoms with Crippen LogP contribution in [0.15, 0.2) is 6.20 Å². The van der Waals surface area contributed by atoms with Gasteiger partial charge in [-0.2, -0.15) is 0 Å². The Kier molecular flexibility index (Phi) is 4.05. The average molecular weight is 349 g/mol. The standard InChI is InChI=1S/C8H4F4INO2/c9-1-5-4(3-15)2-14-7(13)6(5)16-8(10,11)12/h2-3H,1H2. The van der Waals surface area contributed by atoms with Gasteiger partial charge in [0.15, 0.2) is 12.0 Å². The minimum atomic E-state index is -4.95. The molecule has 0 fully saturated rings. The molecule has 1 heterocycles. The lowest BCUT2D eigenvalue weighted by Crippen LogP contribution is -2.19. The van der Waals surface area contributed by atoms with E-state index >= 15 is 0 Å². The molecule has 0 aliphatic heterocycles. The number of hydrogen-bond acceptors (Lipinski definition) is 3. The van der Waals surface area contributed by atoms with Gasteiger partial charge in [0.2, 0.25) is 0 Å².